The summed E-state index contributed by atoms with van der Waals surface area (Å²) in [6, 6.07) is 3.80. The number of nitrogens with zero attached hydrogens (tertiary/aromatic N) is 1. The Morgan fingerprint density at radius 1 is 1.33 bits per heavy atom. The molecular formula is C19H30ClN3O. The maximum atomic E-state index is 12.6. The zero-order valence-corrected chi connectivity index (χ0v) is 16.0. The lowest BCUT2D eigenvalue weighted by molar-refractivity contribution is -0.121. The average Bonchev–Trinajstić information content (AvgIpc) is 2.55. The summed E-state index contributed by atoms with van der Waals surface area (Å²) >= 11 is 6.30. The summed E-state index contributed by atoms with van der Waals surface area (Å²) in [6.07, 6.45) is 3.57. The highest BCUT2D eigenvalue weighted by Crippen LogP contribution is 2.28. The number of anilines is 1. The lowest BCUT2D eigenvalue weighted by Crippen LogP contribution is -2.46. The number of benzene rings is 1. The Morgan fingerprint density at radius 3 is 2.58 bits per heavy atom. The van der Waals surface area contributed by atoms with Gasteiger partial charge < -0.3 is 10.6 Å². The molecule has 2 N–H and O–H groups in total. The predicted octanol–water partition coefficient (Wildman–Crippen LogP) is 3.61. The fourth-order valence-electron chi connectivity index (χ4n) is 3.44. The average molecular weight is 352 g/mol. The molecule has 1 aromatic rings. The molecule has 1 atom stereocenters. The van der Waals surface area contributed by atoms with E-state index in [4.69, 9.17) is 11.6 Å². The van der Waals surface area contributed by atoms with Gasteiger partial charge in [-0.15, -0.1) is 0 Å². The monoisotopic (exact) mass is 351 g/mol. The summed E-state index contributed by atoms with van der Waals surface area (Å²) in [7, 11) is 2.00. The number of carbonyl (C=O) groups excluding carboxylic acids is 1. The molecule has 0 aromatic heterocycles. The van der Waals surface area contributed by atoms with Crippen LogP contribution < -0.4 is 10.6 Å². The van der Waals surface area contributed by atoms with E-state index in [0.29, 0.717) is 5.02 Å². The molecule has 2 rings (SSSR count). The van der Waals surface area contributed by atoms with Gasteiger partial charge in [-0.2, -0.15) is 0 Å². The van der Waals surface area contributed by atoms with Gasteiger partial charge in [-0.3, -0.25) is 9.69 Å². The molecule has 0 aliphatic carbocycles. The number of rotatable bonds is 6. The van der Waals surface area contributed by atoms with Crippen molar-refractivity contribution in [1.29, 1.82) is 0 Å². The van der Waals surface area contributed by atoms with Gasteiger partial charge in [0.15, 0.2) is 0 Å². The minimum Gasteiger partial charge on any atom is -0.323 e. The number of hydrogen-bond donors (Lipinski definition) is 2. The van der Waals surface area contributed by atoms with Crippen molar-refractivity contribution in [3.05, 3.63) is 28.3 Å². The van der Waals surface area contributed by atoms with Crippen LogP contribution in [-0.2, 0) is 4.79 Å². The van der Waals surface area contributed by atoms with Crippen molar-refractivity contribution in [2.75, 3.05) is 32.0 Å². The molecular weight excluding hydrogens is 322 g/mol. The van der Waals surface area contributed by atoms with Crippen LogP contribution in [0.5, 0.6) is 0 Å². The van der Waals surface area contributed by atoms with Crippen LogP contribution in [0.15, 0.2) is 12.1 Å². The van der Waals surface area contributed by atoms with E-state index in [-0.39, 0.29) is 11.9 Å². The van der Waals surface area contributed by atoms with Crippen molar-refractivity contribution in [2.45, 2.75) is 46.1 Å². The van der Waals surface area contributed by atoms with Crippen molar-refractivity contribution in [2.24, 2.45) is 5.92 Å². The molecule has 1 heterocycles. The number of nitrogens with one attached hydrogen (secondary N) is 2. The molecule has 1 amide bonds. The fraction of sp³-hybridized carbons (Fsp3) is 0.632. The molecule has 0 spiro atoms. The third-order valence-corrected chi connectivity index (χ3v) is 5.36. The Morgan fingerprint density at radius 2 is 2.00 bits per heavy atom. The molecule has 1 saturated heterocycles. The van der Waals surface area contributed by atoms with E-state index < -0.39 is 0 Å². The minimum atomic E-state index is -0.132. The molecule has 1 aliphatic heterocycles. The lowest BCUT2D eigenvalue weighted by Gasteiger charge is -2.35. The SMILES string of the molecule is CNCCC1CCN(C(C)C(=O)Nc2c(C)cc(C)cc2Cl)CC1. The van der Waals surface area contributed by atoms with Crippen LogP contribution in [0.1, 0.15) is 37.3 Å². The van der Waals surface area contributed by atoms with Gasteiger partial charge in [0, 0.05) is 0 Å². The lowest BCUT2D eigenvalue weighted by atomic mass is 9.93. The molecule has 4 nitrogen and oxygen atoms in total. The van der Waals surface area contributed by atoms with E-state index in [1.807, 2.05) is 40.0 Å². The Bertz CT molecular complexity index is 545. The Kier molecular flexibility index (Phi) is 7.08. The van der Waals surface area contributed by atoms with Crippen LogP contribution in [0.2, 0.25) is 5.02 Å². The topological polar surface area (TPSA) is 44.4 Å². The molecule has 1 aromatic carbocycles. The molecule has 24 heavy (non-hydrogen) atoms. The summed E-state index contributed by atoms with van der Waals surface area (Å²) in [5.41, 5.74) is 2.85. The third-order valence-electron chi connectivity index (χ3n) is 5.06. The summed E-state index contributed by atoms with van der Waals surface area (Å²) in [4.78, 5) is 14.9. The summed E-state index contributed by atoms with van der Waals surface area (Å²) in [6.45, 7) is 9.03. The van der Waals surface area contributed by atoms with Crippen LogP contribution >= 0.6 is 11.6 Å². The maximum absolute atomic E-state index is 12.6. The minimum absolute atomic E-state index is 0.0255. The molecule has 0 bridgehead atoms. The number of piperidine rings is 1. The number of carbonyl (C=O) groups is 1. The number of amides is 1. The van der Waals surface area contributed by atoms with Gasteiger partial charge in [-0.05, 0) is 89.8 Å². The number of halogens is 1. The van der Waals surface area contributed by atoms with Gasteiger partial charge >= 0.3 is 0 Å². The zero-order chi connectivity index (χ0) is 17.7. The second kappa shape index (κ2) is 8.84. The second-order valence-electron chi connectivity index (χ2n) is 6.98. The molecule has 5 heteroatoms. The first-order valence-electron chi connectivity index (χ1n) is 8.88. The number of aryl methyl sites for hydroxylation is 2. The van der Waals surface area contributed by atoms with Crippen molar-refractivity contribution < 1.29 is 4.79 Å². The number of likely N-dealkylation sites (tertiary alicyclic amines) is 1. The van der Waals surface area contributed by atoms with Crippen molar-refractivity contribution in [3.63, 3.8) is 0 Å². The number of hydrogen-bond acceptors (Lipinski definition) is 3. The van der Waals surface area contributed by atoms with Crippen LogP contribution in [0.4, 0.5) is 5.69 Å². The largest absolute Gasteiger partial charge is 0.323 e. The summed E-state index contributed by atoms with van der Waals surface area (Å²) < 4.78 is 0. The second-order valence-corrected chi connectivity index (χ2v) is 7.38. The van der Waals surface area contributed by atoms with Gasteiger partial charge in [0.05, 0.1) is 16.8 Å². The third kappa shape index (κ3) is 4.95. The van der Waals surface area contributed by atoms with Crippen molar-refractivity contribution in [3.8, 4) is 0 Å². The van der Waals surface area contributed by atoms with Crippen LogP contribution in [0.25, 0.3) is 0 Å². The van der Waals surface area contributed by atoms with Gasteiger partial charge in [0.1, 0.15) is 0 Å². The smallest absolute Gasteiger partial charge is 0.241 e. The van der Waals surface area contributed by atoms with E-state index in [1.54, 1.807) is 0 Å². The van der Waals surface area contributed by atoms with Crippen LogP contribution in [-0.4, -0.2) is 43.5 Å². The van der Waals surface area contributed by atoms with E-state index in [1.165, 1.54) is 19.3 Å². The molecule has 134 valence electrons. The van der Waals surface area contributed by atoms with Gasteiger partial charge in [-0.1, -0.05) is 17.7 Å². The van der Waals surface area contributed by atoms with E-state index in [0.717, 1.165) is 42.4 Å². The molecule has 1 unspecified atom stereocenters. The molecule has 0 saturated carbocycles. The summed E-state index contributed by atoms with van der Waals surface area (Å²) in [5, 5.41) is 6.85. The van der Waals surface area contributed by atoms with Crippen LogP contribution in [0.3, 0.4) is 0 Å². The van der Waals surface area contributed by atoms with E-state index >= 15 is 0 Å². The quantitative estimate of drug-likeness (QED) is 0.823. The Hall–Kier alpha value is -1.10. The van der Waals surface area contributed by atoms with Gasteiger partial charge in [0.25, 0.3) is 0 Å². The predicted molar refractivity (Wildman–Crippen MR) is 102 cm³/mol. The Balaban J connectivity index is 1.92. The van der Waals surface area contributed by atoms with Crippen LogP contribution in [0, 0.1) is 19.8 Å². The highest BCUT2D eigenvalue weighted by molar-refractivity contribution is 6.34. The maximum Gasteiger partial charge on any atom is 0.241 e. The molecule has 1 fully saturated rings. The highest BCUT2D eigenvalue weighted by atomic mass is 35.5. The Labute approximate surface area is 150 Å². The first kappa shape index (κ1) is 19.2. The van der Waals surface area contributed by atoms with Crippen molar-refractivity contribution >= 4 is 23.2 Å². The highest BCUT2D eigenvalue weighted by Gasteiger charge is 2.27. The molecule has 1 aliphatic rings. The molecule has 0 radical (unpaired) electrons. The first-order valence-corrected chi connectivity index (χ1v) is 9.26. The van der Waals surface area contributed by atoms with Gasteiger partial charge in [0.2, 0.25) is 5.91 Å². The normalized spacial score (nSPS) is 17.7. The van der Waals surface area contributed by atoms with Crippen molar-refractivity contribution in [1.82, 2.24) is 10.2 Å². The van der Waals surface area contributed by atoms with Gasteiger partial charge in [-0.25, -0.2) is 0 Å². The standard InChI is InChI=1S/C19H30ClN3O/c1-13-11-14(2)18(17(20)12-13)22-19(24)15(3)23-9-6-16(7-10-23)5-8-21-4/h11-12,15-16,21H,5-10H2,1-4H3,(H,22,24). The van der Waals surface area contributed by atoms with E-state index in [9.17, 15) is 4.79 Å². The van der Waals surface area contributed by atoms with E-state index in [2.05, 4.69) is 15.5 Å². The first-order chi connectivity index (χ1) is 11.4. The fourth-order valence-corrected chi connectivity index (χ4v) is 3.81. The zero-order valence-electron chi connectivity index (χ0n) is 15.3. The summed E-state index contributed by atoms with van der Waals surface area (Å²) in [5.74, 6) is 0.801.